The van der Waals surface area contributed by atoms with Crippen LogP contribution in [0.5, 0.6) is 0 Å². The van der Waals surface area contributed by atoms with Gasteiger partial charge in [-0.05, 0) is 43.7 Å². The average Bonchev–Trinajstić information content (AvgIpc) is 2.89. The number of aromatic nitrogens is 2. The molecule has 1 amide bonds. The number of aryl methyl sites for hydroxylation is 1. The summed E-state index contributed by atoms with van der Waals surface area (Å²) in [5.74, 6) is -0.621. The highest BCUT2D eigenvalue weighted by atomic mass is 16.4. The molecule has 6 nitrogen and oxygen atoms in total. The largest absolute Gasteiger partial charge is 0.480 e. The molecule has 0 aliphatic carbocycles. The van der Waals surface area contributed by atoms with E-state index in [4.69, 9.17) is 0 Å². The number of aliphatic carboxylic acids is 1. The fourth-order valence-electron chi connectivity index (χ4n) is 3.37. The molecule has 6 heteroatoms. The van der Waals surface area contributed by atoms with Gasteiger partial charge >= 0.3 is 5.97 Å². The molecular weight excluding hydrogens is 354 g/mol. The second-order valence-corrected chi connectivity index (χ2v) is 7.67. The van der Waals surface area contributed by atoms with Gasteiger partial charge in [0, 0.05) is 25.2 Å². The number of nitrogens with zero attached hydrogens (tertiary/aromatic N) is 3. The van der Waals surface area contributed by atoms with Gasteiger partial charge in [-0.1, -0.05) is 44.2 Å². The van der Waals surface area contributed by atoms with Gasteiger partial charge < -0.3 is 10.0 Å². The number of hydrogen-bond donors (Lipinski definition) is 1. The molecule has 0 radical (unpaired) electrons. The van der Waals surface area contributed by atoms with Crippen molar-refractivity contribution in [3.05, 3.63) is 52.8 Å². The molecule has 2 rings (SSSR count). The molecule has 1 heterocycles. The first-order valence-electron chi connectivity index (χ1n) is 9.84. The minimum atomic E-state index is -0.987. The zero-order chi connectivity index (χ0) is 20.7. The first kappa shape index (κ1) is 21.7. The lowest BCUT2D eigenvalue weighted by Crippen LogP contribution is -2.37. The predicted octanol–water partition coefficient (Wildman–Crippen LogP) is 3.24. The quantitative estimate of drug-likeness (QED) is 0.681. The third-order valence-electron chi connectivity index (χ3n) is 4.85. The zero-order valence-electron chi connectivity index (χ0n) is 17.3. The Morgan fingerprint density at radius 2 is 1.82 bits per heavy atom. The zero-order valence-corrected chi connectivity index (χ0v) is 17.3. The summed E-state index contributed by atoms with van der Waals surface area (Å²) in [7, 11) is 0. The number of carbonyl (C=O) groups is 2. The van der Waals surface area contributed by atoms with E-state index in [-0.39, 0.29) is 18.9 Å². The van der Waals surface area contributed by atoms with Crippen LogP contribution in [-0.2, 0) is 29.0 Å². The van der Waals surface area contributed by atoms with Crippen molar-refractivity contribution in [2.24, 2.45) is 5.92 Å². The van der Waals surface area contributed by atoms with Crippen LogP contribution in [0.25, 0.3) is 0 Å². The number of carboxylic acid groups (broad SMARTS) is 1. The van der Waals surface area contributed by atoms with Crippen LogP contribution in [0.3, 0.4) is 0 Å². The number of carbonyl (C=O) groups excluding carboxylic acids is 1. The summed E-state index contributed by atoms with van der Waals surface area (Å²) >= 11 is 0. The van der Waals surface area contributed by atoms with Gasteiger partial charge in [0.2, 0.25) is 5.91 Å². The van der Waals surface area contributed by atoms with E-state index in [1.165, 1.54) is 4.90 Å². The first-order chi connectivity index (χ1) is 13.3. The molecule has 0 fully saturated rings. The summed E-state index contributed by atoms with van der Waals surface area (Å²) in [6.45, 7) is 9.28. The SMILES string of the molecule is Cc1nn(CC(C)C)c(C)c1CCC(=O)N(CCc1ccccc1)CC(=O)O. The smallest absolute Gasteiger partial charge is 0.323 e. The van der Waals surface area contributed by atoms with Gasteiger partial charge in [0.05, 0.1) is 5.69 Å². The molecule has 0 spiro atoms. The first-order valence-corrected chi connectivity index (χ1v) is 9.84. The van der Waals surface area contributed by atoms with Crippen molar-refractivity contribution in [1.29, 1.82) is 0 Å². The van der Waals surface area contributed by atoms with Crippen LogP contribution in [0, 0.1) is 19.8 Å². The number of rotatable bonds is 10. The molecule has 28 heavy (non-hydrogen) atoms. The predicted molar refractivity (Wildman–Crippen MR) is 109 cm³/mol. The molecule has 0 atom stereocenters. The third kappa shape index (κ3) is 6.22. The summed E-state index contributed by atoms with van der Waals surface area (Å²) in [6, 6.07) is 9.80. The lowest BCUT2D eigenvalue weighted by atomic mass is 10.1. The van der Waals surface area contributed by atoms with Gasteiger partial charge in [0.25, 0.3) is 0 Å². The fraction of sp³-hybridized carbons (Fsp3) is 0.500. The van der Waals surface area contributed by atoms with Crippen LogP contribution >= 0.6 is 0 Å². The van der Waals surface area contributed by atoms with Crippen molar-refractivity contribution < 1.29 is 14.7 Å². The number of benzene rings is 1. The van der Waals surface area contributed by atoms with E-state index in [1.807, 2.05) is 48.9 Å². The lowest BCUT2D eigenvalue weighted by Gasteiger charge is -2.21. The van der Waals surface area contributed by atoms with Crippen molar-refractivity contribution in [3.63, 3.8) is 0 Å². The molecular formula is C22H31N3O3. The second kappa shape index (κ2) is 10.1. The highest BCUT2D eigenvalue weighted by molar-refractivity contribution is 5.81. The third-order valence-corrected chi connectivity index (χ3v) is 4.85. The van der Waals surface area contributed by atoms with Crippen LogP contribution in [0.4, 0.5) is 0 Å². The maximum absolute atomic E-state index is 12.7. The van der Waals surface area contributed by atoms with E-state index in [0.29, 0.717) is 25.3 Å². The Morgan fingerprint density at radius 3 is 2.43 bits per heavy atom. The van der Waals surface area contributed by atoms with Crippen molar-refractivity contribution in [3.8, 4) is 0 Å². The normalized spacial score (nSPS) is 11.0. The Bertz CT molecular complexity index is 797. The topological polar surface area (TPSA) is 75.4 Å². The van der Waals surface area contributed by atoms with Gasteiger partial charge in [0.1, 0.15) is 6.54 Å². The van der Waals surface area contributed by atoms with E-state index in [2.05, 4.69) is 18.9 Å². The van der Waals surface area contributed by atoms with E-state index >= 15 is 0 Å². The Morgan fingerprint density at radius 1 is 1.14 bits per heavy atom. The highest BCUT2D eigenvalue weighted by Gasteiger charge is 2.19. The molecule has 0 aliphatic heterocycles. The molecule has 0 saturated heterocycles. The van der Waals surface area contributed by atoms with E-state index < -0.39 is 5.97 Å². The Hall–Kier alpha value is -2.63. The van der Waals surface area contributed by atoms with Gasteiger partial charge in [-0.3, -0.25) is 14.3 Å². The number of carboxylic acids is 1. The fourth-order valence-corrected chi connectivity index (χ4v) is 3.37. The van der Waals surface area contributed by atoms with Crippen LogP contribution in [0.1, 0.15) is 42.8 Å². The minimum Gasteiger partial charge on any atom is -0.480 e. The molecule has 1 aromatic carbocycles. The van der Waals surface area contributed by atoms with Gasteiger partial charge in [-0.15, -0.1) is 0 Å². The standard InChI is InChI=1S/C22H31N3O3/c1-16(2)14-25-18(4)20(17(3)23-25)10-11-21(26)24(15-22(27)28)13-12-19-8-6-5-7-9-19/h5-9,16H,10-15H2,1-4H3,(H,27,28). The van der Waals surface area contributed by atoms with Crippen LogP contribution in [0.15, 0.2) is 30.3 Å². The molecule has 2 aromatic rings. The molecule has 0 saturated carbocycles. The van der Waals surface area contributed by atoms with E-state index in [1.54, 1.807) is 0 Å². The summed E-state index contributed by atoms with van der Waals surface area (Å²) < 4.78 is 2.00. The molecule has 1 aromatic heterocycles. The van der Waals surface area contributed by atoms with Gasteiger partial charge in [-0.2, -0.15) is 5.10 Å². The Balaban J connectivity index is 2.01. The average molecular weight is 386 g/mol. The van der Waals surface area contributed by atoms with Gasteiger partial charge in [-0.25, -0.2) is 0 Å². The molecule has 152 valence electrons. The molecule has 0 unspecified atom stereocenters. The molecule has 0 aliphatic rings. The monoisotopic (exact) mass is 385 g/mol. The van der Waals surface area contributed by atoms with Crippen molar-refractivity contribution in [2.45, 2.75) is 53.5 Å². The highest BCUT2D eigenvalue weighted by Crippen LogP contribution is 2.17. The maximum atomic E-state index is 12.7. The van der Waals surface area contributed by atoms with Gasteiger partial charge in [0.15, 0.2) is 0 Å². The summed E-state index contributed by atoms with van der Waals surface area (Å²) in [4.78, 5) is 25.4. The number of amides is 1. The maximum Gasteiger partial charge on any atom is 0.323 e. The summed E-state index contributed by atoms with van der Waals surface area (Å²) in [5.41, 5.74) is 4.22. The van der Waals surface area contributed by atoms with E-state index in [0.717, 1.165) is 29.1 Å². The lowest BCUT2D eigenvalue weighted by molar-refractivity contribution is -0.144. The summed E-state index contributed by atoms with van der Waals surface area (Å²) in [6.07, 6.45) is 1.51. The number of hydrogen-bond acceptors (Lipinski definition) is 3. The van der Waals surface area contributed by atoms with Crippen LogP contribution < -0.4 is 0 Å². The molecule has 0 bridgehead atoms. The van der Waals surface area contributed by atoms with Crippen LogP contribution in [-0.4, -0.2) is 44.8 Å². The second-order valence-electron chi connectivity index (χ2n) is 7.67. The minimum absolute atomic E-state index is 0.131. The Kier molecular flexibility index (Phi) is 7.79. The van der Waals surface area contributed by atoms with Crippen LogP contribution in [0.2, 0.25) is 0 Å². The Labute approximate surface area is 167 Å². The summed E-state index contributed by atoms with van der Waals surface area (Å²) in [5, 5.41) is 13.8. The van der Waals surface area contributed by atoms with Crippen molar-refractivity contribution in [2.75, 3.05) is 13.1 Å². The van der Waals surface area contributed by atoms with E-state index in [9.17, 15) is 14.7 Å². The van der Waals surface area contributed by atoms with Crippen molar-refractivity contribution in [1.82, 2.24) is 14.7 Å². The van der Waals surface area contributed by atoms with Crippen molar-refractivity contribution >= 4 is 11.9 Å². The molecule has 1 N–H and O–H groups in total.